The number of aromatic nitrogens is 1. The second-order valence-corrected chi connectivity index (χ2v) is 6.02. The summed E-state index contributed by atoms with van der Waals surface area (Å²) in [5.41, 5.74) is 5.10. The number of hydrogen-bond donors (Lipinski definition) is 2. The van der Waals surface area contributed by atoms with Crippen molar-refractivity contribution in [3.63, 3.8) is 0 Å². The first-order valence-corrected chi connectivity index (χ1v) is 8.61. The Labute approximate surface area is 157 Å². The standard InChI is InChI=1S/C22H18N4O/c27-22(24-19-9-2-1-3-10-19)25-23-16-21-11-6-14-26(21)20-13-12-17-7-4-5-8-18(17)15-20/h1-16H,(H2,24,25,27)/b23-16-. The van der Waals surface area contributed by atoms with Crippen LogP contribution in [0.2, 0.25) is 0 Å². The van der Waals surface area contributed by atoms with Crippen molar-refractivity contribution >= 4 is 28.7 Å². The van der Waals surface area contributed by atoms with E-state index in [0.29, 0.717) is 5.69 Å². The number of rotatable bonds is 4. The smallest absolute Gasteiger partial charge is 0.316 e. The van der Waals surface area contributed by atoms with Gasteiger partial charge in [0.2, 0.25) is 0 Å². The Morgan fingerprint density at radius 3 is 2.48 bits per heavy atom. The summed E-state index contributed by atoms with van der Waals surface area (Å²) in [6.07, 6.45) is 3.59. The highest BCUT2D eigenvalue weighted by Gasteiger charge is 2.03. The number of hydrogen-bond acceptors (Lipinski definition) is 2. The molecule has 27 heavy (non-hydrogen) atoms. The van der Waals surface area contributed by atoms with Gasteiger partial charge in [-0.25, -0.2) is 10.2 Å². The van der Waals surface area contributed by atoms with Crippen LogP contribution in [0.15, 0.2) is 96.2 Å². The number of hydrazone groups is 1. The van der Waals surface area contributed by atoms with Gasteiger partial charge < -0.3 is 9.88 Å². The third kappa shape index (κ3) is 3.88. The fourth-order valence-corrected chi connectivity index (χ4v) is 2.90. The van der Waals surface area contributed by atoms with Crippen molar-refractivity contribution in [3.8, 4) is 5.69 Å². The predicted molar refractivity (Wildman–Crippen MR) is 109 cm³/mol. The van der Waals surface area contributed by atoms with E-state index in [1.54, 1.807) is 6.21 Å². The lowest BCUT2D eigenvalue weighted by Gasteiger charge is -2.08. The number of amides is 2. The van der Waals surface area contributed by atoms with Crippen LogP contribution in [0.3, 0.4) is 0 Å². The average molecular weight is 354 g/mol. The Bertz CT molecular complexity index is 1100. The maximum absolute atomic E-state index is 11.9. The summed E-state index contributed by atoms with van der Waals surface area (Å²) in [4.78, 5) is 11.9. The minimum Gasteiger partial charge on any atom is -0.316 e. The van der Waals surface area contributed by atoms with Gasteiger partial charge in [0, 0.05) is 17.6 Å². The third-order valence-electron chi connectivity index (χ3n) is 4.19. The zero-order valence-electron chi connectivity index (χ0n) is 14.5. The monoisotopic (exact) mass is 354 g/mol. The molecule has 132 valence electrons. The van der Waals surface area contributed by atoms with E-state index in [1.165, 1.54) is 10.8 Å². The van der Waals surface area contributed by atoms with Crippen LogP contribution in [-0.2, 0) is 0 Å². The van der Waals surface area contributed by atoms with Gasteiger partial charge in [0.15, 0.2) is 0 Å². The van der Waals surface area contributed by atoms with E-state index >= 15 is 0 Å². The Balaban J connectivity index is 1.48. The molecule has 4 rings (SSSR count). The number of carbonyl (C=O) groups excluding carboxylic acids is 1. The zero-order valence-corrected chi connectivity index (χ0v) is 14.5. The lowest BCUT2D eigenvalue weighted by Crippen LogP contribution is -2.24. The van der Waals surface area contributed by atoms with E-state index in [4.69, 9.17) is 0 Å². The summed E-state index contributed by atoms with van der Waals surface area (Å²) < 4.78 is 2.02. The fraction of sp³-hybridized carbons (Fsp3) is 0. The molecule has 1 heterocycles. The molecular formula is C22H18N4O. The molecule has 2 N–H and O–H groups in total. The first-order chi connectivity index (χ1) is 13.3. The number of para-hydroxylation sites is 1. The Hall–Kier alpha value is -3.86. The van der Waals surface area contributed by atoms with E-state index in [1.807, 2.05) is 65.4 Å². The van der Waals surface area contributed by atoms with Crippen LogP contribution in [-0.4, -0.2) is 16.8 Å². The van der Waals surface area contributed by atoms with Crippen molar-refractivity contribution in [2.24, 2.45) is 5.10 Å². The van der Waals surface area contributed by atoms with Gasteiger partial charge in [-0.1, -0.05) is 48.5 Å². The SMILES string of the molecule is O=C(N/N=C\c1cccn1-c1ccc2ccccc2c1)Nc1ccccc1. The quantitative estimate of drug-likeness (QED) is 0.402. The van der Waals surface area contributed by atoms with Gasteiger partial charge in [-0.2, -0.15) is 5.10 Å². The van der Waals surface area contributed by atoms with Crippen LogP contribution in [0.5, 0.6) is 0 Å². The number of nitrogens with zero attached hydrogens (tertiary/aromatic N) is 2. The first kappa shape index (κ1) is 16.6. The molecule has 0 spiro atoms. The maximum Gasteiger partial charge on any atom is 0.339 e. The molecule has 1 aromatic heterocycles. The van der Waals surface area contributed by atoms with Gasteiger partial charge in [-0.05, 0) is 47.2 Å². The molecule has 0 aliphatic carbocycles. The molecule has 0 bridgehead atoms. The van der Waals surface area contributed by atoms with Crippen molar-refractivity contribution in [1.82, 2.24) is 9.99 Å². The van der Waals surface area contributed by atoms with Gasteiger partial charge in [0.25, 0.3) is 0 Å². The number of urea groups is 1. The van der Waals surface area contributed by atoms with Crippen LogP contribution in [0.1, 0.15) is 5.69 Å². The largest absolute Gasteiger partial charge is 0.339 e. The summed E-state index contributed by atoms with van der Waals surface area (Å²) >= 11 is 0. The molecular weight excluding hydrogens is 336 g/mol. The minimum absolute atomic E-state index is 0.388. The van der Waals surface area contributed by atoms with Gasteiger partial charge in [-0.15, -0.1) is 0 Å². The number of nitrogens with one attached hydrogen (secondary N) is 2. The van der Waals surface area contributed by atoms with Gasteiger partial charge in [-0.3, -0.25) is 0 Å². The Morgan fingerprint density at radius 1 is 0.852 bits per heavy atom. The van der Waals surface area contributed by atoms with Gasteiger partial charge >= 0.3 is 6.03 Å². The highest BCUT2D eigenvalue weighted by Crippen LogP contribution is 2.19. The molecule has 0 saturated carbocycles. The van der Waals surface area contributed by atoms with Crippen LogP contribution in [0, 0.1) is 0 Å². The van der Waals surface area contributed by atoms with E-state index < -0.39 is 0 Å². The number of benzene rings is 3. The van der Waals surface area contributed by atoms with Gasteiger partial charge in [0.05, 0.1) is 11.9 Å². The summed E-state index contributed by atoms with van der Waals surface area (Å²) in [6, 6.07) is 27.3. The molecule has 0 radical (unpaired) electrons. The second kappa shape index (κ2) is 7.58. The summed E-state index contributed by atoms with van der Waals surface area (Å²) in [5.74, 6) is 0. The maximum atomic E-state index is 11.9. The molecule has 5 heteroatoms. The molecule has 0 saturated heterocycles. The fourth-order valence-electron chi connectivity index (χ4n) is 2.90. The Kier molecular flexibility index (Phi) is 4.66. The molecule has 0 unspecified atom stereocenters. The van der Waals surface area contributed by atoms with Crippen LogP contribution < -0.4 is 10.7 Å². The third-order valence-corrected chi connectivity index (χ3v) is 4.19. The molecule has 0 aliphatic rings. The van der Waals surface area contributed by atoms with Crippen molar-refractivity contribution in [3.05, 3.63) is 96.8 Å². The number of carbonyl (C=O) groups is 1. The van der Waals surface area contributed by atoms with Gasteiger partial charge in [0.1, 0.15) is 0 Å². The normalized spacial score (nSPS) is 11.0. The number of fused-ring (bicyclic) bond motifs is 1. The highest BCUT2D eigenvalue weighted by atomic mass is 16.2. The highest BCUT2D eigenvalue weighted by molar-refractivity contribution is 5.90. The van der Waals surface area contributed by atoms with Crippen LogP contribution in [0.25, 0.3) is 16.5 Å². The molecule has 2 amide bonds. The first-order valence-electron chi connectivity index (χ1n) is 8.61. The summed E-state index contributed by atoms with van der Waals surface area (Å²) in [6.45, 7) is 0. The summed E-state index contributed by atoms with van der Waals surface area (Å²) in [7, 11) is 0. The molecule has 0 aliphatic heterocycles. The van der Waals surface area contributed by atoms with E-state index in [0.717, 1.165) is 11.4 Å². The van der Waals surface area contributed by atoms with Crippen molar-refractivity contribution < 1.29 is 4.79 Å². The Morgan fingerprint density at radius 2 is 1.63 bits per heavy atom. The van der Waals surface area contributed by atoms with Crippen molar-refractivity contribution in [2.75, 3.05) is 5.32 Å². The molecule has 0 fully saturated rings. The lowest BCUT2D eigenvalue weighted by molar-refractivity contribution is 0.252. The zero-order chi connectivity index (χ0) is 18.5. The van der Waals surface area contributed by atoms with E-state index in [2.05, 4.69) is 46.2 Å². The molecule has 0 atom stereocenters. The van der Waals surface area contributed by atoms with E-state index in [9.17, 15) is 4.79 Å². The molecule has 4 aromatic rings. The van der Waals surface area contributed by atoms with Crippen molar-refractivity contribution in [2.45, 2.75) is 0 Å². The predicted octanol–water partition coefficient (Wildman–Crippen LogP) is 4.79. The van der Waals surface area contributed by atoms with Crippen LogP contribution >= 0.6 is 0 Å². The second-order valence-electron chi connectivity index (χ2n) is 6.02. The number of anilines is 1. The van der Waals surface area contributed by atoms with E-state index in [-0.39, 0.29) is 6.03 Å². The topological polar surface area (TPSA) is 58.4 Å². The lowest BCUT2D eigenvalue weighted by atomic mass is 10.1. The van der Waals surface area contributed by atoms with Crippen LogP contribution in [0.4, 0.5) is 10.5 Å². The summed E-state index contributed by atoms with van der Waals surface area (Å²) in [5, 5.41) is 9.14. The average Bonchev–Trinajstić information content (AvgIpc) is 3.17. The molecule has 3 aromatic carbocycles. The van der Waals surface area contributed by atoms with Crippen molar-refractivity contribution in [1.29, 1.82) is 0 Å². The molecule has 5 nitrogen and oxygen atoms in total. The minimum atomic E-state index is -0.388.